The highest BCUT2D eigenvalue weighted by Gasteiger charge is 1.93. The van der Waals surface area contributed by atoms with Gasteiger partial charge in [0.05, 0.1) is 0 Å². The molecule has 0 rings (SSSR count). The molecule has 0 aromatic rings. The predicted octanol–water partition coefficient (Wildman–Crippen LogP) is -0.908. The fraction of sp³-hybridized carbons (Fsp3) is 0.500. The molecular weight excluding hydrogens is 110 g/mol. The van der Waals surface area contributed by atoms with Crippen LogP contribution in [-0.2, 0) is 9.59 Å². The number of aliphatic carboxylic acids is 1. The smallest absolute Gasteiger partial charge is 0.177 e. The Balaban J connectivity index is 0. The summed E-state index contributed by atoms with van der Waals surface area (Å²) < 4.78 is 0. The number of Topliss-reactive ketones (excluding diaryl/α,β-unsaturated/α-hetero) is 1. The maximum Gasteiger partial charge on any atom is 0.177 e. The van der Waals surface area contributed by atoms with Gasteiger partial charge in [-0.2, -0.15) is 0 Å². The number of quaternary nitrogens is 1. The van der Waals surface area contributed by atoms with Gasteiger partial charge in [0.15, 0.2) is 5.78 Å². The second-order valence-electron chi connectivity index (χ2n) is 1.06. The first-order valence-electron chi connectivity index (χ1n) is 1.92. The zero-order chi connectivity index (χ0) is 5.86. The van der Waals surface area contributed by atoms with Crippen molar-refractivity contribution in [3.63, 3.8) is 0 Å². The Morgan fingerprint density at radius 1 is 1.50 bits per heavy atom. The topological polar surface area (TPSA) is 93.7 Å². The van der Waals surface area contributed by atoms with Gasteiger partial charge in [-0.05, 0) is 0 Å². The molecule has 0 unspecified atom stereocenters. The highest BCUT2D eigenvalue weighted by molar-refractivity contribution is 6.31. The van der Waals surface area contributed by atoms with Crippen molar-refractivity contribution >= 4 is 11.8 Å². The first-order chi connectivity index (χ1) is 3.18. The SMILES string of the molecule is CCC(=O)C(=O)[O-].[NH4+]. The van der Waals surface area contributed by atoms with Crippen molar-refractivity contribution in [2.24, 2.45) is 0 Å². The molecule has 0 amide bonds. The number of carbonyl (C=O) groups excluding carboxylic acids is 2. The summed E-state index contributed by atoms with van der Waals surface area (Å²) in [4.78, 5) is 19.3. The molecule has 8 heavy (non-hydrogen) atoms. The summed E-state index contributed by atoms with van der Waals surface area (Å²) in [6.45, 7) is 1.47. The predicted molar refractivity (Wildman–Crippen MR) is 26.3 cm³/mol. The van der Waals surface area contributed by atoms with E-state index in [4.69, 9.17) is 0 Å². The molecular formula is C4H9NO3. The average Bonchev–Trinajstić information content (AvgIpc) is 1.65. The Labute approximate surface area is 47.1 Å². The van der Waals surface area contributed by atoms with Crippen molar-refractivity contribution in [2.75, 3.05) is 0 Å². The summed E-state index contributed by atoms with van der Waals surface area (Å²) in [7, 11) is 0. The lowest BCUT2D eigenvalue weighted by atomic mass is 10.3. The molecule has 0 atom stereocenters. The Bertz CT molecular complexity index is 99.5. The molecule has 0 spiro atoms. The van der Waals surface area contributed by atoms with E-state index in [1.165, 1.54) is 6.92 Å². The van der Waals surface area contributed by atoms with Crippen LogP contribution in [-0.4, -0.2) is 11.8 Å². The lowest BCUT2D eigenvalue weighted by Crippen LogP contribution is -2.30. The van der Waals surface area contributed by atoms with Gasteiger partial charge >= 0.3 is 0 Å². The van der Waals surface area contributed by atoms with Crippen LogP contribution in [0.3, 0.4) is 0 Å². The van der Waals surface area contributed by atoms with E-state index in [1.807, 2.05) is 0 Å². The fourth-order valence-corrected chi connectivity index (χ4v) is 0.144. The van der Waals surface area contributed by atoms with Crippen LogP contribution in [0.15, 0.2) is 0 Å². The van der Waals surface area contributed by atoms with Gasteiger partial charge in [0.1, 0.15) is 5.97 Å². The minimum absolute atomic E-state index is 0. The van der Waals surface area contributed by atoms with Gasteiger partial charge in [-0.1, -0.05) is 6.92 Å². The molecule has 4 N–H and O–H groups in total. The Hall–Kier alpha value is -0.900. The zero-order valence-corrected chi connectivity index (χ0v) is 4.93. The van der Waals surface area contributed by atoms with E-state index < -0.39 is 11.8 Å². The van der Waals surface area contributed by atoms with Crippen molar-refractivity contribution in [1.82, 2.24) is 6.15 Å². The molecule has 0 aromatic heterocycles. The number of carboxylic acids is 1. The van der Waals surface area contributed by atoms with Crippen molar-refractivity contribution in [2.45, 2.75) is 13.3 Å². The van der Waals surface area contributed by atoms with Crippen LogP contribution >= 0.6 is 0 Å². The first kappa shape index (κ1) is 10.2. The maximum atomic E-state index is 9.85. The number of carboxylic acid groups (broad SMARTS) is 1. The van der Waals surface area contributed by atoms with Gasteiger partial charge in [-0.15, -0.1) is 0 Å². The molecule has 0 saturated carbocycles. The van der Waals surface area contributed by atoms with E-state index in [9.17, 15) is 14.7 Å². The van der Waals surface area contributed by atoms with Gasteiger partial charge in [-0.25, -0.2) is 0 Å². The Kier molecular flexibility index (Phi) is 5.41. The number of carbonyl (C=O) groups is 2. The van der Waals surface area contributed by atoms with Crippen molar-refractivity contribution < 1.29 is 14.7 Å². The van der Waals surface area contributed by atoms with Crippen molar-refractivity contribution in [3.05, 3.63) is 0 Å². The summed E-state index contributed by atoms with van der Waals surface area (Å²) in [5.41, 5.74) is 0. The molecule has 0 aromatic carbocycles. The van der Waals surface area contributed by atoms with E-state index in [1.54, 1.807) is 0 Å². The third-order valence-electron chi connectivity index (χ3n) is 0.549. The monoisotopic (exact) mass is 119 g/mol. The third kappa shape index (κ3) is 3.30. The lowest BCUT2D eigenvalue weighted by Gasteiger charge is -1.92. The van der Waals surface area contributed by atoms with Crippen LogP contribution < -0.4 is 11.3 Å². The minimum atomic E-state index is -1.59. The molecule has 0 aliphatic rings. The average molecular weight is 119 g/mol. The van der Waals surface area contributed by atoms with E-state index in [2.05, 4.69) is 0 Å². The molecule has 0 radical (unpaired) electrons. The van der Waals surface area contributed by atoms with Gasteiger partial charge in [0, 0.05) is 6.42 Å². The molecule has 0 bridgehead atoms. The fourth-order valence-electron chi connectivity index (χ4n) is 0.144. The maximum absolute atomic E-state index is 9.85. The van der Waals surface area contributed by atoms with Crippen LogP contribution in [0.5, 0.6) is 0 Å². The molecule has 0 saturated heterocycles. The van der Waals surface area contributed by atoms with E-state index >= 15 is 0 Å². The standard InChI is InChI=1S/C4H6O3.H3N/c1-2-3(5)4(6)7;/h2H2,1H3,(H,6,7);1H3. The summed E-state index contributed by atoms with van der Waals surface area (Å²) in [5, 5.41) is 9.47. The summed E-state index contributed by atoms with van der Waals surface area (Å²) in [6, 6.07) is 0. The molecule has 4 heteroatoms. The summed E-state index contributed by atoms with van der Waals surface area (Å²) >= 11 is 0. The quantitative estimate of drug-likeness (QED) is 0.477. The third-order valence-corrected chi connectivity index (χ3v) is 0.549. The second kappa shape index (κ2) is 4.26. The molecule has 48 valence electrons. The van der Waals surface area contributed by atoms with E-state index in [0.717, 1.165) is 0 Å². The Morgan fingerprint density at radius 3 is 1.88 bits per heavy atom. The van der Waals surface area contributed by atoms with Crippen LogP contribution in [0, 0.1) is 0 Å². The van der Waals surface area contributed by atoms with Crippen molar-refractivity contribution in [3.8, 4) is 0 Å². The van der Waals surface area contributed by atoms with Gasteiger partial charge in [-0.3, -0.25) is 4.79 Å². The largest absolute Gasteiger partial charge is 0.542 e. The minimum Gasteiger partial charge on any atom is -0.542 e. The van der Waals surface area contributed by atoms with E-state index in [0.29, 0.717) is 0 Å². The number of hydrogen-bond acceptors (Lipinski definition) is 3. The van der Waals surface area contributed by atoms with Crippen LogP contribution in [0.1, 0.15) is 13.3 Å². The molecule has 0 aliphatic carbocycles. The summed E-state index contributed by atoms with van der Waals surface area (Å²) in [5.74, 6) is -2.44. The summed E-state index contributed by atoms with van der Waals surface area (Å²) in [6.07, 6.45) is 0.0162. The Morgan fingerprint density at radius 2 is 1.88 bits per heavy atom. The van der Waals surface area contributed by atoms with Crippen LogP contribution in [0.2, 0.25) is 0 Å². The normalized spacial score (nSPS) is 7.12. The molecule has 0 heterocycles. The lowest BCUT2D eigenvalue weighted by molar-refractivity contribution is -0.299. The first-order valence-corrected chi connectivity index (χ1v) is 1.92. The molecule has 0 fully saturated rings. The van der Waals surface area contributed by atoms with Crippen molar-refractivity contribution in [1.29, 1.82) is 0 Å². The van der Waals surface area contributed by atoms with Gasteiger partial charge in [0.2, 0.25) is 0 Å². The number of hydrogen-bond donors (Lipinski definition) is 1. The molecule has 0 aliphatic heterocycles. The van der Waals surface area contributed by atoms with Crippen LogP contribution in [0.25, 0.3) is 0 Å². The van der Waals surface area contributed by atoms with Gasteiger partial charge < -0.3 is 16.1 Å². The number of ketones is 1. The van der Waals surface area contributed by atoms with E-state index in [-0.39, 0.29) is 12.6 Å². The zero-order valence-electron chi connectivity index (χ0n) is 4.93. The second-order valence-corrected chi connectivity index (χ2v) is 1.06. The number of rotatable bonds is 2. The van der Waals surface area contributed by atoms with Gasteiger partial charge in [0.25, 0.3) is 0 Å². The highest BCUT2D eigenvalue weighted by atomic mass is 16.4. The van der Waals surface area contributed by atoms with Crippen LogP contribution in [0.4, 0.5) is 0 Å². The molecule has 4 nitrogen and oxygen atoms in total. The highest BCUT2D eigenvalue weighted by Crippen LogP contribution is 1.74.